The Morgan fingerprint density at radius 1 is 1.29 bits per heavy atom. The number of anilines is 1. The molecule has 0 bridgehead atoms. The van der Waals surface area contributed by atoms with Gasteiger partial charge in [-0.05, 0) is 38.5 Å². The monoisotopic (exact) mass is 285 g/mol. The van der Waals surface area contributed by atoms with E-state index in [1.54, 1.807) is 0 Å². The highest BCUT2D eigenvalue weighted by Gasteiger charge is 2.30. The van der Waals surface area contributed by atoms with Gasteiger partial charge in [0.25, 0.3) is 0 Å². The predicted molar refractivity (Wildman–Crippen MR) is 80.6 cm³/mol. The van der Waals surface area contributed by atoms with E-state index in [9.17, 15) is 4.79 Å². The van der Waals surface area contributed by atoms with Crippen LogP contribution in [0, 0.1) is 6.92 Å². The predicted octanol–water partition coefficient (Wildman–Crippen LogP) is 2.98. The fraction of sp³-hybridized carbons (Fsp3) is 0.375. The van der Waals surface area contributed by atoms with Crippen molar-refractivity contribution in [2.75, 3.05) is 5.32 Å². The number of hydrogen-bond donors (Lipinski definition) is 2. The van der Waals surface area contributed by atoms with Crippen molar-refractivity contribution in [1.29, 1.82) is 0 Å². The van der Waals surface area contributed by atoms with E-state index < -0.39 is 0 Å². The molecule has 1 aromatic carbocycles. The van der Waals surface area contributed by atoms with Crippen LogP contribution in [-0.4, -0.2) is 22.2 Å². The quantitative estimate of drug-likeness (QED) is 0.911. The van der Waals surface area contributed by atoms with Gasteiger partial charge >= 0.3 is 0 Å². The highest BCUT2D eigenvalue weighted by molar-refractivity contribution is 5.94. The third-order valence-corrected chi connectivity index (χ3v) is 3.64. The zero-order valence-electron chi connectivity index (χ0n) is 12.4. The molecule has 0 saturated carbocycles. The van der Waals surface area contributed by atoms with Crippen LogP contribution in [0.25, 0.3) is 0 Å². The lowest BCUT2D eigenvalue weighted by Crippen LogP contribution is -2.23. The smallest absolute Gasteiger partial charge is 0.226 e. The van der Waals surface area contributed by atoms with Gasteiger partial charge in [0.2, 0.25) is 5.91 Å². The standard InChI is InChI=1S/C16H19N3O2/c1-9(2)21-12-6-4-11(5-7-12)13-8-14(20)17-16-15(13)10(3)18-19-16/h4-7,9,13H,8H2,1-3H3,(H2,17,18,19,20)/t13-/m0/s1. The van der Waals surface area contributed by atoms with Crippen molar-refractivity contribution in [1.82, 2.24) is 10.2 Å². The van der Waals surface area contributed by atoms with Crippen molar-refractivity contribution in [3.05, 3.63) is 41.1 Å². The number of rotatable bonds is 3. The van der Waals surface area contributed by atoms with Crippen molar-refractivity contribution in [2.24, 2.45) is 0 Å². The highest BCUT2D eigenvalue weighted by Crippen LogP contribution is 2.38. The molecule has 5 nitrogen and oxygen atoms in total. The van der Waals surface area contributed by atoms with Crippen molar-refractivity contribution >= 4 is 11.7 Å². The van der Waals surface area contributed by atoms with E-state index in [1.165, 1.54) is 0 Å². The molecule has 1 atom stereocenters. The molecule has 0 fully saturated rings. The van der Waals surface area contributed by atoms with Gasteiger partial charge in [0.15, 0.2) is 5.82 Å². The second kappa shape index (κ2) is 5.24. The molecular weight excluding hydrogens is 266 g/mol. The summed E-state index contributed by atoms with van der Waals surface area (Å²) in [5.74, 6) is 1.54. The molecule has 21 heavy (non-hydrogen) atoms. The number of aromatic amines is 1. The van der Waals surface area contributed by atoms with E-state index in [1.807, 2.05) is 45.0 Å². The number of hydrogen-bond acceptors (Lipinski definition) is 3. The second-order valence-electron chi connectivity index (χ2n) is 5.65. The molecule has 1 aliphatic heterocycles. The van der Waals surface area contributed by atoms with E-state index in [2.05, 4.69) is 15.5 Å². The summed E-state index contributed by atoms with van der Waals surface area (Å²) >= 11 is 0. The molecule has 0 aliphatic carbocycles. The molecule has 3 rings (SSSR count). The number of aryl methyl sites for hydroxylation is 1. The van der Waals surface area contributed by atoms with Crippen molar-refractivity contribution in [3.63, 3.8) is 0 Å². The van der Waals surface area contributed by atoms with Crippen LogP contribution in [0.4, 0.5) is 5.82 Å². The van der Waals surface area contributed by atoms with Gasteiger partial charge in [-0.3, -0.25) is 9.89 Å². The van der Waals surface area contributed by atoms with E-state index in [0.717, 1.165) is 22.6 Å². The number of ether oxygens (including phenoxy) is 1. The number of carbonyl (C=O) groups excluding carboxylic acids is 1. The van der Waals surface area contributed by atoms with Crippen molar-refractivity contribution < 1.29 is 9.53 Å². The molecular formula is C16H19N3O2. The zero-order valence-corrected chi connectivity index (χ0v) is 12.4. The van der Waals surface area contributed by atoms with Crippen molar-refractivity contribution in [3.8, 4) is 5.75 Å². The number of fused-ring (bicyclic) bond motifs is 1. The maximum absolute atomic E-state index is 11.8. The summed E-state index contributed by atoms with van der Waals surface area (Å²) < 4.78 is 5.66. The Morgan fingerprint density at radius 3 is 2.67 bits per heavy atom. The van der Waals surface area contributed by atoms with Gasteiger partial charge in [-0.15, -0.1) is 0 Å². The maximum Gasteiger partial charge on any atom is 0.226 e. The fourth-order valence-corrected chi connectivity index (χ4v) is 2.77. The van der Waals surface area contributed by atoms with Crippen LogP contribution in [0.3, 0.4) is 0 Å². The first-order chi connectivity index (χ1) is 10.0. The average molecular weight is 285 g/mol. The Labute approximate surface area is 123 Å². The number of nitrogens with one attached hydrogen (secondary N) is 2. The van der Waals surface area contributed by atoms with Crippen LogP contribution in [0.1, 0.15) is 43.0 Å². The Balaban J connectivity index is 1.93. The average Bonchev–Trinajstić information content (AvgIpc) is 2.79. The molecule has 0 spiro atoms. The Kier molecular flexibility index (Phi) is 3.41. The number of nitrogens with zero attached hydrogens (tertiary/aromatic N) is 1. The minimum atomic E-state index is 0.00140. The van der Waals surface area contributed by atoms with Gasteiger partial charge in [-0.1, -0.05) is 12.1 Å². The van der Waals surface area contributed by atoms with Gasteiger partial charge in [-0.25, -0.2) is 0 Å². The molecule has 1 aliphatic rings. The summed E-state index contributed by atoms with van der Waals surface area (Å²) in [6, 6.07) is 7.96. The van der Waals surface area contributed by atoms with Crippen LogP contribution in [0.2, 0.25) is 0 Å². The first kappa shape index (κ1) is 13.7. The Hall–Kier alpha value is -2.30. The third kappa shape index (κ3) is 2.63. The van der Waals surface area contributed by atoms with Crippen LogP contribution in [0.15, 0.2) is 24.3 Å². The minimum absolute atomic E-state index is 0.00140. The number of H-pyrrole nitrogens is 1. The van der Waals surface area contributed by atoms with E-state index in [0.29, 0.717) is 12.2 Å². The Bertz CT molecular complexity index is 659. The van der Waals surface area contributed by atoms with Gasteiger partial charge in [0, 0.05) is 23.6 Å². The van der Waals surface area contributed by atoms with Gasteiger partial charge in [-0.2, -0.15) is 5.10 Å². The van der Waals surface area contributed by atoms with Gasteiger partial charge in [0.05, 0.1) is 6.10 Å². The number of aromatic nitrogens is 2. The van der Waals surface area contributed by atoms with E-state index in [4.69, 9.17) is 4.74 Å². The summed E-state index contributed by atoms with van der Waals surface area (Å²) in [5.41, 5.74) is 3.18. The van der Waals surface area contributed by atoms with E-state index >= 15 is 0 Å². The Morgan fingerprint density at radius 2 is 2.00 bits per heavy atom. The first-order valence-electron chi connectivity index (χ1n) is 7.16. The number of benzene rings is 1. The van der Waals surface area contributed by atoms with Crippen LogP contribution >= 0.6 is 0 Å². The number of amides is 1. The highest BCUT2D eigenvalue weighted by atomic mass is 16.5. The zero-order chi connectivity index (χ0) is 15.0. The summed E-state index contributed by atoms with van der Waals surface area (Å²) in [4.78, 5) is 11.8. The van der Waals surface area contributed by atoms with Crippen LogP contribution in [-0.2, 0) is 4.79 Å². The SMILES string of the molecule is Cc1[nH]nc2c1[C@H](c1ccc(OC(C)C)cc1)CC(=O)N2. The summed E-state index contributed by atoms with van der Waals surface area (Å²) in [5, 5.41) is 9.92. The largest absolute Gasteiger partial charge is 0.491 e. The topological polar surface area (TPSA) is 67.0 Å². The molecule has 110 valence electrons. The lowest BCUT2D eigenvalue weighted by molar-refractivity contribution is -0.116. The molecule has 0 saturated heterocycles. The summed E-state index contributed by atoms with van der Waals surface area (Å²) in [6.45, 7) is 5.98. The molecule has 2 aromatic rings. The molecule has 2 N–H and O–H groups in total. The summed E-state index contributed by atoms with van der Waals surface area (Å²) in [7, 11) is 0. The lowest BCUT2D eigenvalue weighted by atomic mass is 9.86. The summed E-state index contributed by atoms with van der Waals surface area (Å²) in [6.07, 6.45) is 0.594. The van der Waals surface area contributed by atoms with Gasteiger partial charge < -0.3 is 10.1 Å². The molecule has 0 radical (unpaired) electrons. The van der Waals surface area contributed by atoms with Crippen molar-refractivity contribution in [2.45, 2.75) is 39.2 Å². The second-order valence-corrected chi connectivity index (χ2v) is 5.65. The maximum atomic E-state index is 11.8. The normalized spacial score (nSPS) is 17.5. The van der Waals surface area contributed by atoms with Crippen LogP contribution in [0.5, 0.6) is 5.75 Å². The lowest BCUT2D eigenvalue weighted by Gasteiger charge is -2.23. The number of carbonyl (C=O) groups is 1. The minimum Gasteiger partial charge on any atom is -0.491 e. The third-order valence-electron chi connectivity index (χ3n) is 3.64. The molecule has 0 unspecified atom stereocenters. The molecule has 1 aromatic heterocycles. The van der Waals surface area contributed by atoms with Gasteiger partial charge in [0.1, 0.15) is 5.75 Å². The van der Waals surface area contributed by atoms with E-state index in [-0.39, 0.29) is 17.9 Å². The molecule has 2 heterocycles. The van der Waals surface area contributed by atoms with Crippen LogP contribution < -0.4 is 10.1 Å². The molecule has 1 amide bonds. The first-order valence-corrected chi connectivity index (χ1v) is 7.16. The fourth-order valence-electron chi connectivity index (χ4n) is 2.77. The molecule has 5 heteroatoms.